The van der Waals surface area contributed by atoms with Crippen LogP contribution < -0.4 is 10.6 Å². The summed E-state index contributed by atoms with van der Waals surface area (Å²) >= 11 is 3.39. The third-order valence-corrected chi connectivity index (χ3v) is 3.01. The smallest absolute Gasteiger partial charge is 0.319 e. The molecular weight excluding hydrogens is 280 g/mol. The van der Waals surface area contributed by atoms with Crippen molar-refractivity contribution in [1.29, 1.82) is 0 Å². The van der Waals surface area contributed by atoms with Crippen LogP contribution >= 0.6 is 15.9 Å². The Balaban J connectivity index is 2.42. The van der Waals surface area contributed by atoms with Crippen LogP contribution in [0.4, 0.5) is 10.5 Å². The van der Waals surface area contributed by atoms with Gasteiger partial charge in [0.15, 0.2) is 0 Å². The lowest BCUT2D eigenvalue weighted by Gasteiger charge is -2.10. The van der Waals surface area contributed by atoms with Crippen LogP contribution in [0.1, 0.15) is 31.7 Å². The summed E-state index contributed by atoms with van der Waals surface area (Å²) in [5.41, 5.74) is 1.89. The first-order chi connectivity index (χ1) is 8.13. The third kappa shape index (κ3) is 5.22. The van der Waals surface area contributed by atoms with Crippen LogP contribution in [-0.2, 0) is 0 Å². The van der Waals surface area contributed by atoms with E-state index in [-0.39, 0.29) is 6.03 Å². The molecule has 3 nitrogen and oxygen atoms in total. The third-order valence-electron chi connectivity index (χ3n) is 2.51. The van der Waals surface area contributed by atoms with Crippen LogP contribution in [0.15, 0.2) is 22.7 Å². The zero-order chi connectivity index (χ0) is 12.7. The largest absolute Gasteiger partial charge is 0.338 e. The number of hydrogen-bond donors (Lipinski definition) is 2. The van der Waals surface area contributed by atoms with Crippen molar-refractivity contribution < 1.29 is 4.79 Å². The Morgan fingerprint density at radius 2 is 2.12 bits per heavy atom. The molecule has 1 aromatic carbocycles. The monoisotopic (exact) mass is 298 g/mol. The van der Waals surface area contributed by atoms with Crippen molar-refractivity contribution in [3.05, 3.63) is 28.2 Å². The van der Waals surface area contributed by atoms with Crippen molar-refractivity contribution >= 4 is 27.6 Å². The molecule has 0 saturated heterocycles. The van der Waals surface area contributed by atoms with Gasteiger partial charge >= 0.3 is 6.03 Å². The van der Waals surface area contributed by atoms with Crippen LogP contribution in [-0.4, -0.2) is 12.6 Å². The van der Waals surface area contributed by atoms with Gasteiger partial charge in [-0.2, -0.15) is 0 Å². The predicted octanol–water partition coefficient (Wildman–Crippen LogP) is 4.07. The van der Waals surface area contributed by atoms with Gasteiger partial charge in [-0.1, -0.05) is 41.8 Å². The van der Waals surface area contributed by atoms with Crippen LogP contribution in [0.25, 0.3) is 0 Å². The summed E-state index contributed by atoms with van der Waals surface area (Å²) in [6.45, 7) is 4.84. The van der Waals surface area contributed by atoms with Crippen LogP contribution in [0.2, 0.25) is 0 Å². The molecule has 0 fully saturated rings. The molecule has 94 valence electrons. The van der Waals surface area contributed by atoms with E-state index in [4.69, 9.17) is 0 Å². The molecule has 1 aromatic rings. The number of amides is 2. The molecule has 0 radical (unpaired) electrons. The number of carbonyl (C=O) groups is 1. The highest BCUT2D eigenvalue weighted by Crippen LogP contribution is 2.20. The zero-order valence-corrected chi connectivity index (χ0v) is 11.9. The van der Waals surface area contributed by atoms with E-state index < -0.39 is 0 Å². The van der Waals surface area contributed by atoms with Gasteiger partial charge in [-0.25, -0.2) is 4.79 Å². The normalized spacial score (nSPS) is 10.1. The molecule has 0 aliphatic heterocycles. The molecule has 0 aromatic heterocycles. The maximum atomic E-state index is 11.6. The van der Waals surface area contributed by atoms with E-state index in [1.807, 2.05) is 25.1 Å². The number of halogens is 1. The number of carbonyl (C=O) groups excluding carboxylic acids is 1. The summed E-state index contributed by atoms with van der Waals surface area (Å²) in [6.07, 6.45) is 3.34. The first-order valence-electron chi connectivity index (χ1n) is 5.94. The maximum absolute atomic E-state index is 11.6. The summed E-state index contributed by atoms with van der Waals surface area (Å²) < 4.78 is 0.962. The average molecular weight is 299 g/mol. The fraction of sp³-hybridized carbons (Fsp3) is 0.462. The van der Waals surface area contributed by atoms with E-state index >= 15 is 0 Å². The Morgan fingerprint density at radius 3 is 2.82 bits per heavy atom. The van der Waals surface area contributed by atoms with E-state index in [1.54, 1.807) is 0 Å². The number of unbranched alkanes of at least 4 members (excludes halogenated alkanes) is 2. The molecule has 0 unspecified atom stereocenters. The number of urea groups is 1. The van der Waals surface area contributed by atoms with Gasteiger partial charge in [0.1, 0.15) is 0 Å². The molecule has 0 bridgehead atoms. The molecule has 17 heavy (non-hydrogen) atoms. The number of nitrogens with one attached hydrogen (secondary N) is 2. The van der Waals surface area contributed by atoms with Gasteiger partial charge in [0.2, 0.25) is 0 Å². The molecule has 0 atom stereocenters. The minimum Gasteiger partial charge on any atom is -0.338 e. The van der Waals surface area contributed by atoms with Crippen molar-refractivity contribution in [2.75, 3.05) is 11.9 Å². The lowest BCUT2D eigenvalue weighted by molar-refractivity contribution is 0.252. The Kier molecular flexibility index (Phi) is 6.05. The lowest BCUT2D eigenvalue weighted by Crippen LogP contribution is -2.29. The zero-order valence-electron chi connectivity index (χ0n) is 10.3. The molecule has 2 amide bonds. The molecule has 2 N–H and O–H groups in total. The fourth-order valence-electron chi connectivity index (χ4n) is 1.47. The summed E-state index contributed by atoms with van der Waals surface area (Å²) in [6, 6.07) is 5.69. The molecule has 4 heteroatoms. The lowest BCUT2D eigenvalue weighted by atomic mass is 10.2. The number of anilines is 1. The average Bonchev–Trinajstić information content (AvgIpc) is 2.29. The fourth-order valence-corrected chi connectivity index (χ4v) is 1.83. The second-order valence-corrected chi connectivity index (χ2v) is 4.96. The minimum atomic E-state index is -0.137. The maximum Gasteiger partial charge on any atom is 0.319 e. The second-order valence-electron chi connectivity index (χ2n) is 4.05. The van der Waals surface area contributed by atoms with E-state index in [9.17, 15) is 4.79 Å². The number of rotatable bonds is 5. The van der Waals surface area contributed by atoms with Gasteiger partial charge in [0.05, 0.1) is 0 Å². The van der Waals surface area contributed by atoms with Crippen molar-refractivity contribution in [3.8, 4) is 0 Å². The van der Waals surface area contributed by atoms with Crippen molar-refractivity contribution in [3.63, 3.8) is 0 Å². The van der Waals surface area contributed by atoms with Crippen LogP contribution in [0, 0.1) is 6.92 Å². The van der Waals surface area contributed by atoms with E-state index in [1.165, 1.54) is 0 Å². The van der Waals surface area contributed by atoms with Gasteiger partial charge in [0.25, 0.3) is 0 Å². The molecule has 0 heterocycles. The van der Waals surface area contributed by atoms with Gasteiger partial charge in [-0.3, -0.25) is 0 Å². The van der Waals surface area contributed by atoms with Crippen LogP contribution in [0.5, 0.6) is 0 Å². The topological polar surface area (TPSA) is 41.1 Å². The molecule has 0 aliphatic carbocycles. The number of aryl methyl sites for hydroxylation is 1. The highest BCUT2D eigenvalue weighted by Gasteiger charge is 2.03. The summed E-state index contributed by atoms with van der Waals surface area (Å²) in [7, 11) is 0. The van der Waals surface area contributed by atoms with Gasteiger partial charge in [-0.15, -0.1) is 0 Å². The molecule has 0 aliphatic rings. The SMILES string of the molecule is CCCCCNC(=O)Nc1cc(Br)ccc1C. The van der Waals surface area contributed by atoms with Crippen molar-refractivity contribution in [1.82, 2.24) is 5.32 Å². The molecule has 1 rings (SSSR count). The molecule has 0 spiro atoms. The standard InChI is InChI=1S/C13H19BrN2O/c1-3-4-5-8-15-13(17)16-12-9-11(14)7-6-10(12)2/h6-7,9H,3-5,8H2,1-2H3,(H2,15,16,17). The molecular formula is C13H19BrN2O. The van der Waals surface area contributed by atoms with Crippen molar-refractivity contribution in [2.45, 2.75) is 33.1 Å². The second kappa shape index (κ2) is 7.33. The quantitative estimate of drug-likeness (QED) is 0.791. The summed E-state index contributed by atoms with van der Waals surface area (Å²) in [4.78, 5) is 11.6. The Hall–Kier alpha value is -1.03. The number of hydrogen-bond acceptors (Lipinski definition) is 1. The Labute approximate surface area is 111 Å². The van der Waals surface area contributed by atoms with E-state index in [2.05, 4.69) is 33.5 Å². The van der Waals surface area contributed by atoms with Gasteiger partial charge in [0, 0.05) is 16.7 Å². The predicted molar refractivity (Wildman–Crippen MR) is 75.4 cm³/mol. The first-order valence-corrected chi connectivity index (χ1v) is 6.73. The van der Waals surface area contributed by atoms with E-state index in [0.717, 1.165) is 41.5 Å². The van der Waals surface area contributed by atoms with Crippen molar-refractivity contribution in [2.24, 2.45) is 0 Å². The van der Waals surface area contributed by atoms with Gasteiger partial charge < -0.3 is 10.6 Å². The minimum absolute atomic E-state index is 0.137. The highest BCUT2D eigenvalue weighted by atomic mass is 79.9. The van der Waals surface area contributed by atoms with Crippen LogP contribution in [0.3, 0.4) is 0 Å². The summed E-state index contributed by atoms with van der Waals surface area (Å²) in [5, 5.41) is 5.70. The number of benzene rings is 1. The highest BCUT2D eigenvalue weighted by molar-refractivity contribution is 9.10. The summed E-state index contributed by atoms with van der Waals surface area (Å²) in [5.74, 6) is 0. The Bertz CT molecular complexity index is 380. The Morgan fingerprint density at radius 1 is 1.35 bits per heavy atom. The van der Waals surface area contributed by atoms with Gasteiger partial charge in [-0.05, 0) is 31.0 Å². The molecule has 0 saturated carbocycles. The first kappa shape index (κ1) is 14.0. The van der Waals surface area contributed by atoms with E-state index in [0.29, 0.717) is 0 Å².